The highest BCUT2D eigenvalue weighted by Crippen LogP contribution is 2.23. The first-order valence-electron chi connectivity index (χ1n) is 8.21. The van der Waals surface area contributed by atoms with Gasteiger partial charge in [-0.05, 0) is 42.5 Å². The summed E-state index contributed by atoms with van der Waals surface area (Å²) in [6.45, 7) is 7.69. The van der Waals surface area contributed by atoms with Crippen LogP contribution < -0.4 is 10.5 Å². The van der Waals surface area contributed by atoms with Crippen LogP contribution >= 0.6 is 0 Å². The number of hydrogen-bond donors (Lipinski definition) is 2. The minimum absolute atomic E-state index is 0.0195. The van der Waals surface area contributed by atoms with Crippen LogP contribution in [0.4, 0.5) is 0 Å². The number of primary amides is 1. The average molecular weight is 353 g/mol. The molecule has 7 heteroatoms. The van der Waals surface area contributed by atoms with Crippen molar-refractivity contribution in [3.05, 3.63) is 29.8 Å². The molecule has 0 spiro atoms. The molecule has 0 unspecified atom stereocenters. The first kappa shape index (κ1) is 18.9. The Hall–Kier alpha value is -1.44. The van der Waals surface area contributed by atoms with E-state index in [1.807, 2.05) is 17.0 Å². The van der Waals surface area contributed by atoms with Crippen LogP contribution in [0.2, 0.25) is 0 Å². The maximum atomic E-state index is 12.6. The number of amides is 1. The van der Waals surface area contributed by atoms with E-state index in [1.54, 1.807) is 12.1 Å². The smallest absolute Gasteiger partial charge is 0.240 e. The molecule has 0 aromatic heterocycles. The zero-order chi connectivity index (χ0) is 18.0. The molecule has 1 aliphatic rings. The van der Waals surface area contributed by atoms with Gasteiger partial charge in [0, 0.05) is 12.6 Å². The molecule has 1 fully saturated rings. The summed E-state index contributed by atoms with van der Waals surface area (Å²) in [4.78, 5) is 13.2. The summed E-state index contributed by atoms with van der Waals surface area (Å²) in [5.41, 5.74) is 6.29. The molecular formula is C17H27N3O3S. The lowest BCUT2D eigenvalue weighted by Gasteiger charge is -2.32. The molecule has 1 amide bonds. The summed E-state index contributed by atoms with van der Waals surface area (Å²) < 4.78 is 27.9. The largest absolute Gasteiger partial charge is 0.369 e. The maximum Gasteiger partial charge on any atom is 0.240 e. The maximum absolute atomic E-state index is 12.6. The fraction of sp³-hybridized carbons (Fsp3) is 0.588. The summed E-state index contributed by atoms with van der Waals surface area (Å²) in [6, 6.07) is 6.80. The Labute approximate surface area is 144 Å². The second-order valence-electron chi connectivity index (χ2n) is 7.44. The number of piperidine rings is 1. The molecule has 0 bridgehead atoms. The van der Waals surface area contributed by atoms with Crippen LogP contribution in [0.1, 0.15) is 39.2 Å². The third-order valence-electron chi connectivity index (χ3n) is 4.24. The number of carbonyl (C=O) groups is 1. The Morgan fingerprint density at radius 2 is 1.92 bits per heavy atom. The number of carbonyl (C=O) groups excluding carboxylic acids is 1. The van der Waals surface area contributed by atoms with Crippen LogP contribution in [0.15, 0.2) is 29.2 Å². The minimum atomic E-state index is -3.57. The lowest BCUT2D eigenvalue weighted by Crippen LogP contribution is -2.49. The molecule has 0 aliphatic carbocycles. The number of nitrogens with one attached hydrogen (secondary N) is 1. The average Bonchev–Trinajstić information content (AvgIpc) is 2.45. The lowest BCUT2D eigenvalue weighted by atomic mass is 9.87. The van der Waals surface area contributed by atoms with Crippen molar-refractivity contribution in [3.8, 4) is 0 Å². The molecule has 1 aromatic rings. The van der Waals surface area contributed by atoms with Crippen molar-refractivity contribution < 1.29 is 13.2 Å². The summed E-state index contributed by atoms with van der Waals surface area (Å²) in [5, 5.41) is 0. The molecule has 24 heavy (non-hydrogen) atoms. The topological polar surface area (TPSA) is 92.5 Å². The zero-order valence-electron chi connectivity index (χ0n) is 14.6. The van der Waals surface area contributed by atoms with E-state index in [2.05, 4.69) is 25.5 Å². The molecule has 0 saturated carbocycles. The Kier molecular flexibility index (Phi) is 5.67. The molecule has 1 heterocycles. The first-order chi connectivity index (χ1) is 11.1. The number of hydrogen-bond acceptors (Lipinski definition) is 4. The van der Waals surface area contributed by atoms with Crippen LogP contribution in [-0.4, -0.2) is 44.9 Å². The normalized spacial score (nSPS) is 20.0. The van der Waals surface area contributed by atoms with Gasteiger partial charge in [0.05, 0.1) is 11.4 Å². The van der Waals surface area contributed by atoms with Gasteiger partial charge in [-0.3, -0.25) is 9.69 Å². The van der Waals surface area contributed by atoms with Crippen molar-refractivity contribution >= 4 is 15.9 Å². The number of likely N-dealkylation sites (tertiary alicyclic amines) is 1. The van der Waals surface area contributed by atoms with Crippen LogP contribution in [0.5, 0.6) is 0 Å². The van der Waals surface area contributed by atoms with Gasteiger partial charge in [0.15, 0.2) is 0 Å². The summed E-state index contributed by atoms with van der Waals surface area (Å²) >= 11 is 0. The van der Waals surface area contributed by atoms with E-state index in [0.717, 1.165) is 24.9 Å². The highest BCUT2D eigenvalue weighted by atomic mass is 32.2. The predicted molar refractivity (Wildman–Crippen MR) is 94.1 cm³/mol. The number of sulfonamides is 1. The number of nitrogens with two attached hydrogens (primary N) is 1. The van der Waals surface area contributed by atoms with Crippen molar-refractivity contribution in [3.63, 3.8) is 0 Å². The summed E-state index contributed by atoms with van der Waals surface area (Å²) in [7, 11) is -3.57. The molecule has 3 N–H and O–H groups in total. The van der Waals surface area contributed by atoms with E-state index >= 15 is 0 Å². The van der Waals surface area contributed by atoms with Gasteiger partial charge in [0.2, 0.25) is 15.9 Å². The third kappa shape index (κ3) is 5.03. The molecule has 0 radical (unpaired) electrons. The molecule has 1 atom stereocenters. The van der Waals surface area contributed by atoms with Gasteiger partial charge in [0.1, 0.15) is 0 Å². The molecule has 1 aromatic carbocycles. The molecule has 6 nitrogen and oxygen atoms in total. The van der Waals surface area contributed by atoms with Crippen LogP contribution in [0.25, 0.3) is 0 Å². The van der Waals surface area contributed by atoms with E-state index in [4.69, 9.17) is 5.73 Å². The van der Waals surface area contributed by atoms with Gasteiger partial charge in [-0.25, -0.2) is 13.1 Å². The van der Waals surface area contributed by atoms with Gasteiger partial charge in [0.25, 0.3) is 0 Å². The van der Waals surface area contributed by atoms with Crippen molar-refractivity contribution in [2.45, 2.75) is 50.0 Å². The predicted octanol–water partition coefficient (Wildman–Crippen LogP) is 1.21. The fourth-order valence-corrected chi connectivity index (χ4v) is 4.20. The van der Waals surface area contributed by atoms with Gasteiger partial charge in [-0.1, -0.05) is 32.9 Å². The molecular weight excluding hydrogens is 326 g/mol. The van der Waals surface area contributed by atoms with Gasteiger partial charge in [-0.2, -0.15) is 0 Å². The first-order valence-corrected chi connectivity index (χ1v) is 9.70. The molecule has 2 rings (SSSR count). The summed E-state index contributed by atoms with van der Waals surface area (Å²) in [5.74, 6) is -0.392. The van der Waals surface area contributed by atoms with E-state index in [0.29, 0.717) is 6.54 Å². The van der Waals surface area contributed by atoms with E-state index in [9.17, 15) is 13.2 Å². The standard InChI is InChI=1S/C17H27N3O3S/c1-17(2,3)13-6-8-15(9-7-13)24(22,23)19-14-5-4-10-20(11-14)12-16(18)21/h6-9,14,19H,4-5,10-12H2,1-3H3,(H2,18,21)/t14-/m0/s1. The van der Waals surface area contributed by atoms with Crippen LogP contribution in [-0.2, 0) is 20.2 Å². The van der Waals surface area contributed by atoms with Crippen molar-refractivity contribution in [2.75, 3.05) is 19.6 Å². The van der Waals surface area contributed by atoms with Gasteiger partial charge >= 0.3 is 0 Å². The Morgan fingerprint density at radius 1 is 1.29 bits per heavy atom. The van der Waals surface area contributed by atoms with Crippen LogP contribution in [0, 0.1) is 0 Å². The number of rotatable bonds is 5. The van der Waals surface area contributed by atoms with Crippen LogP contribution in [0.3, 0.4) is 0 Å². The summed E-state index contributed by atoms with van der Waals surface area (Å²) in [6.07, 6.45) is 1.60. The fourth-order valence-electron chi connectivity index (χ4n) is 2.94. The SMILES string of the molecule is CC(C)(C)c1ccc(S(=O)(=O)N[C@H]2CCCN(CC(N)=O)C2)cc1. The second-order valence-corrected chi connectivity index (χ2v) is 9.15. The molecule has 134 valence electrons. The van der Waals surface area contributed by atoms with E-state index in [1.165, 1.54) is 0 Å². The number of nitrogens with zero attached hydrogens (tertiary/aromatic N) is 1. The van der Waals surface area contributed by atoms with Gasteiger partial charge in [-0.15, -0.1) is 0 Å². The zero-order valence-corrected chi connectivity index (χ0v) is 15.4. The molecule has 1 saturated heterocycles. The van der Waals surface area contributed by atoms with Crippen molar-refractivity contribution in [2.24, 2.45) is 5.73 Å². The lowest BCUT2D eigenvalue weighted by molar-refractivity contribution is -0.119. The van der Waals surface area contributed by atoms with E-state index < -0.39 is 15.9 Å². The highest BCUT2D eigenvalue weighted by molar-refractivity contribution is 7.89. The van der Waals surface area contributed by atoms with E-state index in [-0.39, 0.29) is 22.9 Å². The Bertz CT molecular complexity index is 678. The Morgan fingerprint density at radius 3 is 2.46 bits per heavy atom. The Balaban J connectivity index is 2.06. The highest BCUT2D eigenvalue weighted by Gasteiger charge is 2.26. The minimum Gasteiger partial charge on any atom is -0.369 e. The van der Waals surface area contributed by atoms with Crippen molar-refractivity contribution in [1.82, 2.24) is 9.62 Å². The van der Waals surface area contributed by atoms with Gasteiger partial charge < -0.3 is 5.73 Å². The molecule has 1 aliphatic heterocycles. The third-order valence-corrected chi connectivity index (χ3v) is 5.77. The monoisotopic (exact) mass is 353 g/mol. The second kappa shape index (κ2) is 7.21. The van der Waals surface area contributed by atoms with Crippen molar-refractivity contribution in [1.29, 1.82) is 0 Å². The quantitative estimate of drug-likeness (QED) is 0.832. The number of benzene rings is 1.